The van der Waals surface area contributed by atoms with Gasteiger partial charge < -0.3 is 10.2 Å². The molecule has 2 aromatic rings. The van der Waals surface area contributed by atoms with E-state index < -0.39 is 23.8 Å². The van der Waals surface area contributed by atoms with Crippen LogP contribution in [-0.2, 0) is 11.2 Å². The van der Waals surface area contributed by atoms with Gasteiger partial charge in [-0.1, -0.05) is 11.6 Å². The van der Waals surface area contributed by atoms with E-state index in [2.05, 4.69) is 38.1 Å². The highest BCUT2D eigenvalue weighted by Gasteiger charge is 2.43. The number of alkyl halides is 1. The van der Waals surface area contributed by atoms with E-state index in [0.717, 1.165) is 0 Å². The van der Waals surface area contributed by atoms with Gasteiger partial charge in [0, 0.05) is 41.5 Å². The Balaban J connectivity index is 1.69. The molecule has 2 atom stereocenters. The van der Waals surface area contributed by atoms with E-state index in [1.54, 1.807) is 17.3 Å². The zero-order valence-electron chi connectivity index (χ0n) is 16.2. The largest absolute Gasteiger partial charge is 0.343 e. The molecule has 2 heterocycles. The summed E-state index contributed by atoms with van der Waals surface area (Å²) >= 11 is 6.35. The second-order valence-electron chi connectivity index (χ2n) is 7.06. The van der Waals surface area contributed by atoms with Crippen LogP contribution in [0, 0.1) is 24.1 Å². The Kier molecular flexibility index (Phi) is 5.57. The number of aromatic nitrogens is 2. The van der Waals surface area contributed by atoms with E-state index in [1.165, 1.54) is 12.4 Å². The van der Waals surface area contributed by atoms with Crippen molar-refractivity contribution >= 4 is 47.0 Å². The lowest BCUT2D eigenvalue weighted by atomic mass is 10.0. The summed E-state index contributed by atoms with van der Waals surface area (Å²) in [7, 11) is 0. The van der Waals surface area contributed by atoms with Gasteiger partial charge in [-0.15, -0.1) is 12.3 Å². The summed E-state index contributed by atoms with van der Waals surface area (Å²) in [5, 5.41) is 9.76. The number of hydrogen-bond acceptors (Lipinski definition) is 5. The van der Waals surface area contributed by atoms with Crippen molar-refractivity contribution in [2.45, 2.75) is 19.0 Å². The molecule has 1 aromatic carbocycles. The van der Waals surface area contributed by atoms with Crippen LogP contribution in [0.25, 0.3) is 16.6 Å². The smallest absolute Gasteiger partial charge is 0.231 e. The molecule has 0 saturated heterocycles. The van der Waals surface area contributed by atoms with Gasteiger partial charge in [0.2, 0.25) is 5.91 Å². The van der Waals surface area contributed by atoms with Crippen molar-refractivity contribution in [3.63, 3.8) is 0 Å². The highest BCUT2D eigenvalue weighted by atomic mass is 35.5. The number of H-pyrrole nitrogens is 1. The van der Waals surface area contributed by atoms with Gasteiger partial charge in [0.05, 0.1) is 34.9 Å². The molecule has 7 nitrogen and oxygen atoms in total. The van der Waals surface area contributed by atoms with Gasteiger partial charge in [0.1, 0.15) is 17.8 Å². The van der Waals surface area contributed by atoms with Crippen molar-refractivity contribution in [1.29, 1.82) is 0 Å². The number of carbonyl (C=O) groups excluding carboxylic acids is 1. The topological polar surface area (TPSA) is 85.7 Å². The minimum absolute atomic E-state index is 0.0521. The molecule has 31 heavy (non-hydrogen) atoms. The second kappa shape index (κ2) is 8.32. The van der Waals surface area contributed by atoms with Gasteiger partial charge in [-0.05, 0) is 13.1 Å². The SMILES string of the molecule is C#CCc1c(F)c(Cl)c(C2=CN(/C=C(\N=C)NC(=O)[C@@H]3C[C@@H]3F)CC=N2)c2cn[nH]c12. The van der Waals surface area contributed by atoms with Crippen LogP contribution in [0.5, 0.6) is 0 Å². The number of amides is 1. The van der Waals surface area contributed by atoms with Gasteiger partial charge in [0.15, 0.2) is 0 Å². The van der Waals surface area contributed by atoms with Crippen molar-refractivity contribution in [3.8, 4) is 12.3 Å². The number of benzene rings is 1. The monoisotopic (exact) mass is 442 g/mol. The molecule has 1 aliphatic carbocycles. The molecule has 0 unspecified atom stereocenters. The third-order valence-electron chi connectivity index (χ3n) is 4.99. The van der Waals surface area contributed by atoms with E-state index in [-0.39, 0.29) is 29.2 Å². The molecule has 0 radical (unpaired) electrons. The predicted octanol–water partition coefficient (Wildman–Crippen LogP) is 3.19. The van der Waals surface area contributed by atoms with E-state index in [4.69, 9.17) is 18.0 Å². The van der Waals surface area contributed by atoms with Gasteiger partial charge >= 0.3 is 0 Å². The van der Waals surface area contributed by atoms with Crippen LogP contribution in [0.15, 0.2) is 34.4 Å². The summed E-state index contributed by atoms with van der Waals surface area (Å²) < 4.78 is 28.0. The summed E-state index contributed by atoms with van der Waals surface area (Å²) in [6.07, 6.45) is 10.8. The van der Waals surface area contributed by atoms with E-state index in [1.807, 2.05) is 0 Å². The fraction of sp³-hybridized carbons (Fsp3) is 0.238. The Bertz CT molecular complexity index is 1210. The molecule has 4 rings (SSSR count). The van der Waals surface area contributed by atoms with Gasteiger partial charge in [-0.2, -0.15) is 5.10 Å². The molecule has 158 valence electrons. The zero-order valence-corrected chi connectivity index (χ0v) is 17.0. The van der Waals surface area contributed by atoms with Crippen LogP contribution in [0.2, 0.25) is 5.02 Å². The number of hydrogen-bond donors (Lipinski definition) is 2. The lowest BCUT2D eigenvalue weighted by Gasteiger charge is -2.21. The van der Waals surface area contributed by atoms with E-state index in [9.17, 15) is 13.6 Å². The average molecular weight is 443 g/mol. The predicted molar refractivity (Wildman–Crippen MR) is 116 cm³/mol. The minimum atomic E-state index is -1.12. The van der Waals surface area contributed by atoms with Crippen molar-refractivity contribution in [3.05, 3.63) is 46.4 Å². The Morgan fingerprint density at radius 2 is 2.35 bits per heavy atom. The Labute approximate surface area is 181 Å². The van der Waals surface area contributed by atoms with Crippen LogP contribution in [-0.4, -0.2) is 46.7 Å². The maximum atomic E-state index is 14.9. The maximum absolute atomic E-state index is 14.9. The normalized spacial score (nSPS) is 20.4. The molecule has 1 fully saturated rings. The maximum Gasteiger partial charge on any atom is 0.231 e. The molecule has 1 aromatic heterocycles. The van der Waals surface area contributed by atoms with Gasteiger partial charge in [-0.25, -0.2) is 13.8 Å². The lowest BCUT2D eigenvalue weighted by Crippen LogP contribution is -2.27. The molecule has 2 N–H and O–H groups in total. The van der Waals surface area contributed by atoms with Gasteiger partial charge in [-0.3, -0.25) is 14.9 Å². The number of terminal acetylenes is 1. The highest BCUT2D eigenvalue weighted by molar-refractivity contribution is 6.34. The molecule has 1 aliphatic heterocycles. The zero-order chi connectivity index (χ0) is 22.1. The summed E-state index contributed by atoms with van der Waals surface area (Å²) in [5.41, 5.74) is 1.44. The average Bonchev–Trinajstić information content (AvgIpc) is 3.30. The molecule has 1 saturated carbocycles. The first-order chi connectivity index (χ1) is 14.9. The minimum Gasteiger partial charge on any atom is -0.343 e. The molecular weight excluding hydrogens is 426 g/mol. The quantitative estimate of drug-likeness (QED) is 0.532. The summed E-state index contributed by atoms with van der Waals surface area (Å²) in [6, 6.07) is 0. The molecule has 0 spiro atoms. The Morgan fingerprint density at radius 1 is 1.58 bits per heavy atom. The summed E-state index contributed by atoms with van der Waals surface area (Å²) in [6.45, 7) is 3.79. The van der Waals surface area contributed by atoms with Crippen LogP contribution < -0.4 is 5.32 Å². The van der Waals surface area contributed by atoms with Crippen LogP contribution in [0.3, 0.4) is 0 Å². The first-order valence-corrected chi connectivity index (χ1v) is 9.72. The summed E-state index contributed by atoms with van der Waals surface area (Å²) in [5.74, 6) is 0.833. The fourth-order valence-electron chi connectivity index (χ4n) is 3.31. The van der Waals surface area contributed by atoms with Gasteiger partial charge in [0.25, 0.3) is 0 Å². The van der Waals surface area contributed by atoms with Crippen molar-refractivity contribution < 1.29 is 13.6 Å². The van der Waals surface area contributed by atoms with Crippen molar-refractivity contribution in [2.24, 2.45) is 15.9 Å². The van der Waals surface area contributed by atoms with Crippen LogP contribution in [0.1, 0.15) is 17.5 Å². The Hall–Kier alpha value is -3.51. The van der Waals surface area contributed by atoms with E-state index >= 15 is 0 Å². The first-order valence-electron chi connectivity index (χ1n) is 9.34. The number of rotatable bonds is 6. The highest BCUT2D eigenvalue weighted by Crippen LogP contribution is 2.38. The molecular formula is C21H17ClF2N6O. The summed E-state index contributed by atoms with van der Waals surface area (Å²) in [4.78, 5) is 21.8. The fourth-order valence-corrected chi connectivity index (χ4v) is 3.63. The number of carbonyl (C=O) groups is 1. The molecule has 1 amide bonds. The van der Waals surface area contributed by atoms with Crippen LogP contribution >= 0.6 is 11.6 Å². The van der Waals surface area contributed by atoms with E-state index in [0.29, 0.717) is 28.7 Å². The van der Waals surface area contributed by atoms with Crippen molar-refractivity contribution in [2.75, 3.05) is 6.54 Å². The third kappa shape index (κ3) is 3.94. The molecule has 0 bridgehead atoms. The number of nitrogens with zero attached hydrogens (tertiary/aromatic N) is 4. The number of aromatic amines is 1. The third-order valence-corrected chi connectivity index (χ3v) is 5.35. The number of aliphatic imine (C=N–C) groups is 2. The number of halogens is 3. The molecule has 2 aliphatic rings. The van der Waals surface area contributed by atoms with Crippen molar-refractivity contribution in [1.82, 2.24) is 20.4 Å². The van der Waals surface area contributed by atoms with Crippen LogP contribution in [0.4, 0.5) is 8.78 Å². The molecule has 10 heteroatoms. The first kappa shape index (κ1) is 20.8. The lowest BCUT2D eigenvalue weighted by molar-refractivity contribution is -0.122. The number of nitrogens with one attached hydrogen (secondary N) is 2. The standard InChI is InChI=1S/C21H17ClF2N6O/c1-3-4-11-19(24)18(22)17(13-8-27-29-20(11)13)15-9-30(6-5-26-15)10-16(25-2)28-21(31)12-7-14(12)23/h1,5,8-10,12,14H,2,4,6-7H2,(H,27,29)(H,28,31)/b16-10+/t12-,14+/m1/s1. The second-order valence-corrected chi connectivity index (χ2v) is 7.44. The Morgan fingerprint density at radius 3 is 3.03 bits per heavy atom. The number of fused-ring (bicyclic) bond motifs is 1.